The molecule has 116 valence electrons. The average molecular weight is 306 g/mol. The maximum atomic E-state index is 4.66. The number of fused-ring (bicyclic) bond motifs is 1. The van der Waals surface area contributed by atoms with Gasteiger partial charge in [0.15, 0.2) is 5.65 Å². The highest BCUT2D eigenvalue weighted by molar-refractivity contribution is 5.71. The van der Waals surface area contributed by atoms with Crippen LogP contribution in [0.1, 0.15) is 30.3 Å². The van der Waals surface area contributed by atoms with Crippen LogP contribution >= 0.6 is 0 Å². The molecular formula is C17H18N6. The van der Waals surface area contributed by atoms with Gasteiger partial charge in [0.2, 0.25) is 0 Å². The van der Waals surface area contributed by atoms with Crippen LogP contribution in [0.15, 0.2) is 36.8 Å². The zero-order valence-corrected chi connectivity index (χ0v) is 13.1. The quantitative estimate of drug-likeness (QED) is 0.724. The summed E-state index contributed by atoms with van der Waals surface area (Å²) in [7, 11) is 0. The molecule has 1 aliphatic rings. The van der Waals surface area contributed by atoms with Crippen molar-refractivity contribution in [3.8, 4) is 0 Å². The van der Waals surface area contributed by atoms with Crippen molar-refractivity contribution in [1.29, 1.82) is 0 Å². The van der Waals surface area contributed by atoms with E-state index in [0.29, 0.717) is 11.6 Å². The summed E-state index contributed by atoms with van der Waals surface area (Å²) in [5, 5.41) is 0. The molecule has 1 fully saturated rings. The van der Waals surface area contributed by atoms with Gasteiger partial charge in [0.1, 0.15) is 17.2 Å². The number of piperidine rings is 1. The molecule has 4 rings (SSSR count). The minimum atomic E-state index is 0.421. The fourth-order valence-corrected chi connectivity index (χ4v) is 3.15. The second-order valence-electron chi connectivity index (χ2n) is 5.88. The molecule has 0 aromatic carbocycles. The molecule has 0 amide bonds. The molecular weight excluding hydrogens is 288 g/mol. The Hall–Kier alpha value is -2.63. The Balaban J connectivity index is 1.60. The standard InChI is InChI=1S/C17H18N6/c1-12-18-7-6-14(21-12)13-3-2-10-23(11-13)16-5-4-15-17(22-16)20-9-8-19-15/h4-9,13H,2-3,10-11H2,1H3. The van der Waals surface area contributed by atoms with Gasteiger partial charge in [-0.3, -0.25) is 4.98 Å². The summed E-state index contributed by atoms with van der Waals surface area (Å²) in [6, 6.07) is 6.05. The van der Waals surface area contributed by atoms with Gasteiger partial charge in [0.05, 0.1) is 0 Å². The normalized spacial score (nSPS) is 18.3. The molecule has 23 heavy (non-hydrogen) atoms. The second kappa shape index (κ2) is 5.87. The van der Waals surface area contributed by atoms with Crippen molar-refractivity contribution in [3.63, 3.8) is 0 Å². The van der Waals surface area contributed by atoms with Crippen molar-refractivity contribution in [2.24, 2.45) is 0 Å². The Morgan fingerprint density at radius 3 is 2.83 bits per heavy atom. The molecule has 0 saturated carbocycles. The number of anilines is 1. The van der Waals surface area contributed by atoms with Crippen molar-refractivity contribution >= 4 is 17.0 Å². The van der Waals surface area contributed by atoms with Crippen molar-refractivity contribution in [1.82, 2.24) is 24.9 Å². The highest BCUT2D eigenvalue weighted by atomic mass is 15.2. The Labute approximate surface area is 134 Å². The monoisotopic (exact) mass is 306 g/mol. The van der Waals surface area contributed by atoms with Crippen LogP contribution in [-0.2, 0) is 0 Å². The van der Waals surface area contributed by atoms with Crippen LogP contribution in [0, 0.1) is 6.92 Å². The Bertz CT molecular complexity index is 834. The van der Waals surface area contributed by atoms with Crippen LogP contribution in [0.3, 0.4) is 0 Å². The molecule has 0 spiro atoms. The van der Waals surface area contributed by atoms with E-state index in [4.69, 9.17) is 0 Å². The van der Waals surface area contributed by atoms with Crippen LogP contribution < -0.4 is 4.90 Å². The number of hydrogen-bond donors (Lipinski definition) is 0. The number of pyridine rings is 1. The molecule has 1 atom stereocenters. The predicted molar refractivity (Wildman–Crippen MR) is 88.3 cm³/mol. The van der Waals surface area contributed by atoms with Gasteiger partial charge in [0, 0.05) is 43.3 Å². The number of nitrogens with zero attached hydrogens (tertiary/aromatic N) is 6. The first kappa shape index (κ1) is 14.0. The SMILES string of the molecule is Cc1nccc(C2CCCN(c3ccc4nccnc4n3)C2)n1. The van der Waals surface area contributed by atoms with Crippen LogP contribution in [0.25, 0.3) is 11.2 Å². The van der Waals surface area contributed by atoms with Crippen molar-refractivity contribution in [2.45, 2.75) is 25.7 Å². The van der Waals surface area contributed by atoms with Crippen LogP contribution in [-0.4, -0.2) is 38.0 Å². The summed E-state index contributed by atoms with van der Waals surface area (Å²) in [4.78, 5) is 24.4. The lowest BCUT2D eigenvalue weighted by atomic mass is 9.94. The van der Waals surface area contributed by atoms with Gasteiger partial charge in [-0.05, 0) is 38.0 Å². The first-order valence-electron chi connectivity index (χ1n) is 7.92. The smallest absolute Gasteiger partial charge is 0.180 e. The van der Waals surface area contributed by atoms with E-state index in [9.17, 15) is 0 Å². The largest absolute Gasteiger partial charge is 0.356 e. The van der Waals surface area contributed by atoms with E-state index >= 15 is 0 Å². The molecule has 0 bridgehead atoms. The molecule has 0 aliphatic carbocycles. The second-order valence-corrected chi connectivity index (χ2v) is 5.88. The van der Waals surface area contributed by atoms with Gasteiger partial charge in [-0.15, -0.1) is 0 Å². The third-order valence-electron chi connectivity index (χ3n) is 4.28. The summed E-state index contributed by atoms with van der Waals surface area (Å²) in [5.74, 6) is 2.22. The minimum absolute atomic E-state index is 0.421. The fraction of sp³-hybridized carbons (Fsp3) is 0.353. The van der Waals surface area contributed by atoms with E-state index in [1.165, 1.54) is 0 Å². The minimum Gasteiger partial charge on any atom is -0.356 e. The number of rotatable bonds is 2. The summed E-state index contributed by atoms with van der Waals surface area (Å²) >= 11 is 0. The first-order chi connectivity index (χ1) is 11.3. The Morgan fingerprint density at radius 1 is 1.00 bits per heavy atom. The lowest BCUT2D eigenvalue weighted by molar-refractivity contribution is 0.497. The van der Waals surface area contributed by atoms with Crippen LogP contribution in [0.2, 0.25) is 0 Å². The molecule has 4 heterocycles. The zero-order chi connectivity index (χ0) is 15.6. The zero-order valence-electron chi connectivity index (χ0n) is 13.1. The Kier molecular flexibility index (Phi) is 3.57. The summed E-state index contributed by atoms with van der Waals surface area (Å²) in [6.07, 6.45) is 7.51. The lowest BCUT2D eigenvalue weighted by Gasteiger charge is -2.33. The van der Waals surface area contributed by atoms with E-state index in [2.05, 4.69) is 29.8 Å². The average Bonchev–Trinajstić information content (AvgIpc) is 2.61. The van der Waals surface area contributed by atoms with Crippen LogP contribution in [0.5, 0.6) is 0 Å². The number of aromatic nitrogens is 5. The van der Waals surface area contributed by atoms with Crippen molar-refractivity contribution < 1.29 is 0 Å². The first-order valence-corrected chi connectivity index (χ1v) is 7.92. The van der Waals surface area contributed by atoms with Gasteiger partial charge >= 0.3 is 0 Å². The van der Waals surface area contributed by atoms with E-state index in [-0.39, 0.29) is 0 Å². The van der Waals surface area contributed by atoms with Crippen LogP contribution in [0.4, 0.5) is 5.82 Å². The van der Waals surface area contributed by atoms with Gasteiger partial charge in [-0.25, -0.2) is 19.9 Å². The van der Waals surface area contributed by atoms with Crippen molar-refractivity contribution in [2.75, 3.05) is 18.0 Å². The topological polar surface area (TPSA) is 67.7 Å². The van der Waals surface area contributed by atoms with E-state index in [1.807, 2.05) is 31.3 Å². The highest BCUT2D eigenvalue weighted by Gasteiger charge is 2.23. The third-order valence-corrected chi connectivity index (χ3v) is 4.28. The Morgan fingerprint density at radius 2 is 1.91 bits per heavy atom. The maximum absolute atomic E-state index is 4.66. The molecule has 1 unspecified atom stereocenters. The predicted octanol–water partition coefficient (Wildman–Crippen LogP) is 2.51. The maximum Gasteiger partial charge on any atom is 0.180 e. The summed E-state index contributed by atoms with van der Waals surface area (Å²) in [6.45, 7) is 3.88. The fourth-order valence-electron chi connectivity index (χ4n) is 3.15. The summed E-state index contributed by atoms with van der Waals surface area (Å²) < 4.78 is 0. The molecule has 3 aromatic heterocycles. The van der Waals surface area contributed by atoms with Crippen molar-refractivity contribution in [3.05, 3.63) is 48.3 Å². The van der Waals surface area contributed by atoms with E-state index in [0.717, 1.165) is 48.8 Å². The molecule has 6 heteroatoms. The van der Waals surface area contributed by atoms with Gasteiger partial charge in [-0.2, -0.15) is 0 Å². The summed E-state index contributed by atoms with van der Waals surface area (Å²) in [5.41, 5.74) is 2.66. The number of aryl methyl sites for hydroxylation is 1. The highest BCUT2D eigenvalue weighted by Crippen LogP contribution is 2.28. The molecule has 1 saturated heterocycles. The van der Waals surface area contributed by atoms with E-state index in [1.54, 1.807) is 12.4 Å². The molecule has 1 aliphatic heterocycles. The molecule has 0 radical (unpaired) electrons. The van der Waals surface area contributed by atoms with Gasteiger partial charge in [0.25, 0.3) is 0 Å². The van der Waals surface area contributed by atoms with Gasteiger partial charge < -0.3 is 4.90 Å². The van der Waals surface area contributed by atoms with Gasteiger partial charge in [-0.1, -0.05) is 0 Å². The molecule has 6 nitrogen and oxygen atoms in total. The molecule has 3 aromatic rings. The molecule has 0 N–H and O–H groups in total. The number of hydrogen-bond acceptors (Lipinski definition) is 6. The third kappa shape index (κ3) is 2.84. The van der Waals surface area contributed by atoms with E-state index < -0.39 is 0 Å². The lowest BCUT2D eigenvalue weighted by Crippen LogP contribution is -2.35.